The highest BCUT2D eigenvalue weighted by Gasteiger charge is 2.11. The molecule has 0 radical (unpaired) electrons. The zero-order valence-corrected chi connectivity index (χ0v) is 11.0. The number of carbonyl (C=O) groups is 1. The first-order chi connectivity index (χ1) is 9.63. The number of para-hydroxylation sites is 1. The van der Waals surface area contributed by atoms with Gasteiger partial charge in [0.15, 0.2) is 0 Å². The molecule has 0 aliphatic heterocycles. The number of hydrogen-bond donors (Lipinski definition) is 3. The number of nitrogens with one attached hydrogen (secondary N) is 2. The summed E-state index contributed by atoms with van der Waals surface area (Å²) in [4.78, 5) is 19.4. The number of aromatic amines is 1. The van der Waals surface area contributed by atoms with E-state index in [9.17, 15) is 4.79 Å². The highest BCUT2D eigenvalue weighted by atomic mass is 16.1. The molecule has 1 aromatic carbocycles. The molecule has 3 aromatic rings. The summed E-state index contributed by atoms with van der Waals surface area (Å²) in [7, 11) is 0. The standard InChI is InChI=1S/C15H14N4O/c1-9-6-13(11-4-2-3-5-12(11)18-9)19-15(20)14-7-10(16)8-17-14/h2-8,17H,16H2,1H3,(H,18,19,20). The molecule has 2 aromatic heterocycles. The number of fused-ring (bicyclic) bond motifs is 1. The maximum absolute atomic E-state index is 12.2. The molecule has 0 spiro atoms. The van der Waals surface area contributed by atoms with Gasteiger partial charge in [-0.15, -0.1) is 0 Å². The number of H-pyrrole nitrogens is 1. The lowest BCUT2D eigenvalue weighted by molar-refractivity contribution is 0.102. The molecule has 0 fully saturated rings. The number of anilines is 2. The highest BCUT2D eigenvalue weighted by Crippen LogP contribution is 2.23. The third-order valence-corrected chi connectivity index (χ3v) is 3.04. The molecule has 5 heteroatoms. The summed E-state index contributed by atoms with van der Waals surface area (Å²) in [5, 5.41) is 3.80. The van der Waals surface area contributed by atoms with E-state index < -0.39 is 0 Å². The summed E-state index contributed by atoms with van der Waals surface area (Å²) in [6.45, 7) is 1.90. The number of nitrogens with zero attached hydrogens (tertiary/aromatic N) is 1. The maximum atomic E-state index is 12.2. The zero-order valence-electron chi connectivity index (χ0n) is 11.0. The summed E-state index contributed by atoms with van der Waals surface area (Å²) >= 11 is 0. The molecule has 0 saturated heterocycles. The molecular formula is C15H14N4O. The van der Waals surface area contributed by atoms with Crippen LogP contribution in [0.25, 0.3) is 10.9 Å². The lowest BCUT2D eigenvalue weighted by Gasteiger charge is -2.09. The Kier molecular flexibility index (Phi) is 2.87. The van der Waals surface area contributed by atoms with E-state index >= 15 is 0 Å². The second kappa shape index (κ2) is 4.70. The number of rotatable bonds is 2. The first-order valence-electron chi connectivity index (χ1n) is 6.25. The van der Waals surface area contributed by atoms with Gasteiger partial charge in [0.2, 0.25) is 0 Å². The molecule has 2 heterocycles. The smallest absolute Gasteiger partial charge is 0.272 e. The van der Waals surface area contributed by atoms with Gasteiger partial charge in [-0.1, -0.05) is 18.2 Å². The summed E-state index contributed by atoms with van der Waals surface area (Å²) in [6, 6.07) is 11.1. The van der Waals surface area contributed by atoms with Gasteiger partial charge in [-0.2, -0.15) is 0 Å². The van der Waals surface area contributed by atoms with Crippen LogP contribution in [0.15, 0.2) is 42.6 Å². The van der Waals surface area contributed by atoms with Crippen molar-refractivity contribution in [1.82, 2.24) is 9.97 Å². The quantitative estimate of drug-likeness (QED) is 0.666. The predicted octanol–water partition coefficient (Wildman–Crippen LogP) is 2.71. The van der Waals surface area contributed by atoms with Crippen molar-refractivity contribution in [2.45, 2.75) is 6.92 Å². The van der Waals surface area contributed by atoms with E-state index in [1.54, 1.807) is 12.3 Å². The van der Waals surface area contributed by atoms with Crippen LogP contribution in [0, 0.1) is 6.92 Å². The van der Waals surface area contributed by atoms with Crippen molar-refractivity contribution in [2.75, 3.05) is 11.1 Å². The molecule has 0 aliphatic rings. The molecule has 3 rings (SSSR count). The SMILES string of the molecule is Cc1cc(NC(=O)c2cc(N)c[nH]2)c2ccccc2n1. The van der Waals surface area contributed by atoms with Gasteiger partial charge in [-0.3, -0.25) is 9.78 Å². The van der Waals surface area contributed by atoms with Gasteiger partial charge < -0.3 is 16.0 Å². The minimum absolute atomic E-state index is 0.225. The van der Waals surface area contributed by atoms with Crippen molar-refractivity contribution < 1.29 is 4.79 Å². The monoisotopic (exact) mass is 266 g/mol. The number of nitrogen functional groups attached to an aromatic ring is 1. The normalized spacial score (nSPS) is 10.7. The van der Waals surface area contributed by atoms with E-state index in [0.29, 0.717) is 11.4 Å². The fourth-order valence-corrected chi connectivity index (χ4v) is 2.14. The minimum atomic E-state index is -0.225. The Hall–Kier alpha value is -2.82. The molecule has 0 saturated carbocycles. The lowest BCUT2D eigenvalue weighted by Crippen LogP contribution is -2.12. The summed E-state index contributed by atoms with van der Waals surface area (Å²) in [5.41, 5.74) is 9.02. The van der Waals surface area contributed by atoms with Crippen molar-refractivity contribution in [3.05, 3.63) is 54.0 Å². The fraction of sp³-hybridized carbons (Fsp3) is 0.0667. The van der Waals surface area contributed by atoms with Gasteiger partial charge in [-0.25, -0.2) is 0 Å². The van der Waals surface area contributed by atoms with Gasteiger partial charge >= 0.3 is 0 Å². The number of carbonyl (C=O) groups excluding carboxylic acids is 1. The molecular weight excluding hydrogens is 252 g/mol. The molecule has 0 aliphatic carbocycles. The third-order valence-electron chi connectivity index (χ3n) is 3.04. The number of pyridine rings is 1. The van der Waals surface area contributed by atoms with Crippen LogP contribution in [0.3, 0.4) is 0 Å². The molecule has 1 amide bonds. The highest BCUT2D eigenvalue weighted by molar-refractivity contribution is 6.08. The second-order valence-electron chi connectivity index (χ2n) is 4.63. The van der Waals surface area contributed by atoms with E-state index in [0.717, 1.165) is 22.3 Å². The zero-order chi connectivity index (χ0) is 14.1. The average Bonchev–Trinajstić information content (AvgIpc) is 2.85. The van der Waals surface area contributed by atoms with Crippen LogP contribution in [-0.4, -0.2) is 15.9 Å². The Labute approximate surface area is 115 Å². The van der Waals surface area contributed by atoms with Crippen LogP contribution in [0.5, 0.6) is 0 Å². The van der Waals surface area contributed by atoms with Crippen molar-refractivity contribution in [3.8, 4) is 0 Å². The number of amides is 1. The minimum Gasteiger partial charge on any atom is -0.397 e. The largest absolute Gasteiger partial charge is 0.397 e. The molecule has 4 N–H and O–H groups in total. The first-order valence-corrected chi connectivity index (χ1v) is 6.25. The average molecular weight is 266 g/mol. The van der Waals surface area contributed by atoms with Crippen LogP contribution in [0.1, 0.15) is 16.2 Å². The summed E-state index contributed by atoms with van der Waals surface area (Å²) in [5.74, 6) is -0.225. The van der Waals surface area contributed by atoms with Crippen LogP contribution in [0.4, 0.5) is 11.4 Å². The van der Waals surface area contributed by atoms with Gasteiger partial charge in [-0.05, 0) is 25.1 Å². The summed E-state index contributed by atoms with van der Waals surface area (Å²) in [6.07, 6.45) is 1.59. The molecule has 0 unspecified atom stereocenters. The lowest BCUT2D eigenvalue weighted by atomic mass is 10.1. The molecule has 20 heavy (non-hydrogen) atoms. The predicted molar refractivity (Wildman–Crippen MR) is 79.6 cm³/mol. The van der Waals surface area contributed by atoms with E-state index in [-0.39, 0.29) is 5.91 Å². The van der Waals surface area contributed by atoms with Crippen molar-refractivity contribution in [3.63, 3.8) is 0 Å². The molecule has 0 bridgehead atoms. The number of hydrogen-bond acceptors (Lipinski definition) is 3. The first kappa shape index (κ1) is 12.2. The van der Waals surface area contributed by atoms with Gasteiger partial charge in [0, 0.05) is 23.0 Å². The van der Waals surface area contributed by atoms with Crippen LogP contribution < -0.4 is 11.1 Å². The maximum Gasteiger partial charge on any atom is 0.272 e. The Balaban J connectivity index is 2.00. The number of aromatic nitrogens is 2. The van der Waals surface area contributed by atoms with Crippen LogP contribution in [-0.2, 0) is 0 Å². The second-order valence-corrected chi connectivity index (χ2v) is 4.63. The molecule has 100 valence electrons. The van der Waals surface area contributed by atoms with Crippen LogP contribution in [0.2, 0.25) is 0 Å². The summed E-state index contributed by atoms with van der Waals surface area (Å²) < 4.78 is 0. The number of benzene rings is 1. The molecule has 5 nitrogen and oxygen atoms in total. The van der Waals surface area contributed by atoms with Crippen LogP contribution >= 0.6 is 0 Å². The van der Waals surface area contributed by atoms with Gasteiger partial charge in [0.25, 0.3) is 5.91 Å². The third kappa shape index (κ3) is 2.21. The Morgan fingerprint density at radius 2 is 2.10 bits per heavy atom. The van der Waals surface area contributed by atoms with Crippen molar-refractivity contribution >= 4 is 28.2 Å². The van der Waals surface area contributed by atoms with Crippen molar-refractivity contribution in [2.24, 2.45) is 0 Å². The van der Waals surface area contributed by atoms with Crippen molar-refractivity contribution in [1.29, 1.82) is 0 Å². The van der Waals surface area contributed by atoms with E-state index in [1.165, 1.54) is 0 Å². The topological polar surface area (TPSA) is 83.8 Å². The van der Waals surface area contributed by atoms with E-state index in [2.05, 4.69) is 15.3 Å². The Bertz CT molecular complexity index is 791. The van der Waals surface area contributed by atoms with E-state index in [1.807, 2.05) is 37.3 Å². The number of aryl methyl sites for hydroxylation is 1. The van der Waals surface area contributed by atoms with E-state index in [4.69, 9.17) is 5.73 Å². The van der Waals surface area contributed by atoms with Gasteiger partial charge in [0.1, 0.15) is 5.69 Å². The van der Waals surface area contributed by atoms with Gasteiger partial charge in [0.05, 0.1) is 11.2 Å². The Morgan fingerprint density at radius 1 is 1.30 bits per heavy atom. The number of nitrogens with two attached hydrogens (primary N) is 1. The Morgan fingerprint density at radius 3 is 2.85 bits per heavy atom. The fourth-order valence-electron chi connectivity index (χ4n) is 2.14. The molecule has 0 atom stereocenters.